The van der Waals surface area contributed by atoms with E-state index < -0.39 is 39.6 Å². The second-order valence-corrected chi connectivity index (χ2v) is 4.87. The highest BCUT2D eigenvalue weighted by molar-refractivity contribution is 6.07. The Morgan fingerprint density at radius 3 is 2.36 bits per heavy atom. The maximum atomic E-state index is 13.1. The number of phenols is 1. The van der Waals surface area contributed by atoms with E-state index in [0.29, 0.717) is 6.07 Å². The Kier molecular flexibility index (Phi) is 5.06. The summed E-state index contributed by atoms with van der Waals surface area (Å²) in [6, 6.07) is 9.87. The van der Waals surface area contributed by atoms with Crippen molar-refractivity contribution in [2.75, 3.05) is 5.32 Å². The molecule has 0 aromatic heterocycles. The molecule has 2 rings (SSSR count). The quantitative estimate of drug-likeness (QED) is 0.367. The summed E-state index contributed by atoms with van der Waals surface area (Å²) >= 11 is 0. The molecule has 0 aliphatic carbocycles. The van der Waals surface area contributed by atoms with Gasteiger partial charge in [-0.05, 0) is 18.2 Å². The Hall–Kier alpha value is -3.36. The maximum absolute atomic E-state index is 13.1. The van der Waals surface area contributed by atoms with Gasteiger partial charge in [0.2, 0.25) is 0 Å². The maximum Gasteiger partial charge on any atom is 0.431 e. The highest BCUT2D eigenvalue weighted by atomic mass is 19.4. The Labute approximate surface area is 139 Å². The van der Waals surface area contributed by atoms with Gasteiger partial charge in [-0.2, -0.15) is 13.2 Å². The summed E-state index contributed by atoms with van der Waals surface area (Å²) in [6.45, 7) is 0. The monoisotopic (exact) mass is 352 g/mol. The Bertz CT molecular complexity index is 833. The minimum atomic E-state index is -4.87. The normalized spacial score (nSPS) is 11.9. The van der Waals surface area contributed by atoms with E-state index >= 15 is 0 Å². The van der Waals surface area contributed by atoms with E-state index in [4.69, 9.17) is 0 Å². The van der Waals surface area contributed by atoms with Crippen LogP contribution in [0.15, 0.2) is 60.3 Å². The number of benzene rings is 2. The van der Waals surface area contributed by atoms with Crippen molar-refractivity contribution >= 4 is 17.2 Å². The minimum Gasteiger partial charge on any atom is -0.507 e. The van der Waals surface area contributed by atoms with E-state index in [1.54, 1.807) is 6.07 Å². The molecule has 2 N–H and O–H groups in total. The average molecular weight is 352 g/mol. The van der Waals surface area contributed by atoms with Crippen molar-refractivity contribution < 1.29 is 28.0 Å². The summed E-state index contributed by atoms with van der Waals surface area (Å²) in [4.78, 5) is 22.0. The fraction of sp³-hybridized carbons (Fsp3) is 0.0625. The standard InChI is InChI=1S/C16H11F3N2O4/c17-16(18,19)15(20-10-4-2-1-3-5-10)9-14(23)12-8-11(21(24)25)6-7-13(12)22/h1-9,20,22H/b15-9-. The third kappa shape index (κ3) is 4.56. The van der Waals surface area contributed by atoms with Crippen molar-refractivity contribution in [1.82, 2.24) is 0 Å². The zero-order valence-electron chi connectivity index (χ0n) is 12.4. The molecule has 0 fully saturated rings. The van der Waals surface area contributed by atoms with E-state index in [1.807, 2.05) is 0 Å². The van der Waals surface area contributed by atoms with Crippen molar-refractivity contribution in [3.8, 4) is 5.75 Å². The number of allylic oxidation sites excluding steroid dienone is 2. The van der Waals surface area contributed by atoms with E-state index in [0.717, 1.165) is 12.1 Å². The van der Waals surface area contributed by atoms with Gasteiger partial charge in [0.15, 0.2) is 5.78 Å². The van der Waals surface area contributed by atoms with Crippen LogP contribution in [0.2, 0.25) is 0 Å². The topological polar surface area (TPSA) is 92.5 Å². The fourth-order valence-corrected chi connectivity index (χ4v) is 1.91. The first-order chi connectivity index (χ1) is 11.7. The first-order valence-corrected chi connectivity index (χ1v) is 6.81. The number of anilines is 1. The number of alkyl halides is 3. The lowest BCUT2D eigenvalue weighted by Crippen LogP contribution is -2.20. The predicted molar refractivity (Wildman–Crippen MR) is 83.3 cm³/mol. The van der Waals surface area contributed by atoms with Gasteiger partial charge < -0.3 is 10.4 Å². The molecule has 0 bridgehead atoms. The Balaban J connectivity index is 2.41. The van der Waals surface area contributed by atoms with E-state index in [-0.39, 0.29) is 11.8 Å². The van der Waals surface area contributed by atoms with Crippen molar-refractivity contribution in [3.05, 3.63) is 76.0 Å². The van der Waals surface area contributed by atoms with Gasteiger partial charge in [-0.25, -0.2) is 0 Å². The largest absolute Gasteiger partial charge is 0.507 e. The molecule has 9 heteroatoms. The van der Waals surface area contributed by atoms with Crippen LogP contribution in [0, 0.1) is 10.1 Å². The summed E-state index contributed by atoms with van der Waals surface area (Å²) in [7, 11) is 0. The highest BCUT2D eigenvalue weighted by Gasteiger charge is 2.35. The lowest BCUT2D eigenvalue weighted by atomic mass is 10.1. The minimum absolute atomic E-state index is 0.0992. The highest BCUT2D eigenvalue weighted by Crippen LogP contribution is 2.29. The molecule has 0 aliphatic rings. The van der Waals surface area contributed by atoms with Gasteiger partial charge >= 0.3 is 6.18 Å². The number of hydrogen-bond acceptors (Lipinski definition) is 5. The lowest BCUT2D eigenvalue weighted by molar-refractivity contribution is -0.384. The van der Waals surface area contributed by atoms with Crippen molar-refractivity contribution in [3.63, 3.8) is 0 Å². The third-order valence-electron chi connectivity index (χ3n) is 3.09. The summed E-state index contributed by atoms with van der Waals surface area (Å²) in [5.41, 5.74) is -2.40. The third-order valence-corrected chi connectivity index (χ3v) is 3.09. The van der Waals surface area contributed by atoms with Crippen LogP contribution in [0.4, 0.5) is 24.5 Å². The molecular formula is C16H11F3N2O4. The van der Waals surface area contributed by atoms with Crippen LogP contribution in [0.25, 0.3) is 0 Å². The Morgan fingerprint density at radius 2 is 1.80 bits per heavy atom. The van der Waals surface area contributed by atoms with E-state index in [9.17, 15) is 33.2 Å². The second kappa shape index (κ2) is 7.04. The number of aromatic hydroxyl groups is 1. The number of nitro benzene ring substituents is 1. The molecule has 0 aliphatic heterocycles. The van der Waals surface area contributed by atoms with Crippen LogP contribution >= 0.6 is 0 Å². The second-order valence-electron chi connectivity index (χ2n) is 4.87. The summed E-state index contributed by atoms with van der Waals surface area (Å²) in [6.07, 6.45) is -4.63. The molecule has 0 radical (unpaired) electrons. The van der Waals surface area contributed by atoms with Gasteiger partial charge in [-0.3, -0.25) is 14.9 Å². The number of para-hydroxylation sites is 1. The molecule has 2 aromatic carbocycles. The van der Waals surface area contributed by atoms with Crippen molar-refractivity contribution in [2.45, 2.75) is 6.18 Å². The number of halogens is 3. The van der Waals surface area contributed by atoms with Crippen molar-refractivity contribution in [2.24, 2.45) is 0 Å². The number of phenolic OH excluding ortho intramolecular Hbond substituents is 1. The lowest BCUT2D eigenvalue weighted by Gasteiger charge is -2.14. The number of non-ortho nitro benzene ring substituents is 1. The summed E-state index contributed by atoms with van der Waals surface area (Å²) < 4.78 is 39.4. The van der Waals surface area contributed by atoms with Gasteiger partial charge in [0, 0.05) is 23.9 Å². The molecule has 2 aromatic rings. The number of carbonyl (C=O) groups excluding carboxylic acids is 1. The molecular weight excluding hydrogens is 341 g/mol. The van der Waals surface area contributed by atoms with Gasteiger partial charge in [0.05, 0.1) is 10.5 Å². The molecule has 0 heterocycles. The van der Waals surface area contributed by atoms with Gasteiger partial charge in [0.25, 0.3) is 5.69 Å². The number of nitrogens with zero attached hydrogens (tertiary/aromatic N) is 1. The molecule has 0 spiro atoms. The van der Waals surface area contributed by atoms with Crippen LogP contribution in [0.3, 0.4) is 0 Å². The van der Waals surface area contributed by atoms with Crippen molar-refractivity contribution in [1.29, 1.82) is 0 Å². The molecule has 0 amide bonds. The first-order valence-electron chi connectivity index (χ1n) is 6.81. The molecule has 0 unspecified atom stereocenters. The molecule has 25 heavy (non-hydrogen) atoms. The number of rotatable bonds is 5. The number of hydrogen-bond donors (Lipinski definition) is 2. The SMILES string of the molecule is O=C(/C=C(\Nc1ccccc1)C(F)(F)F)c1cc([N+](=O)[O-])ccc1O. The zero-order chi connectivity index (χ0) is 18.6. The van der Waals surface area contributed by atoms with Crippen LogP contribution in [0.5, 0.6) is 5.75 Å². The number of carbonyl (C=O) groups is 1. The Morgan fingerprint density at radius 1 is 1.16 bits per heavy atom. The van der Waals surface area contributed by atoms with Gasteiger partial charge in [-0.1, -0.05) is 18.2 Å². The molecule has 6 nitrogen and oxygen atoms in total. The molecule has 0 saturated heterocycles. The van der Waals surface area contributed by atoms with Crippen LogP contribution in [0.1, 0.15) is 10.4 Å². The van der Waals surface area contributed by atoms with Crippen LogP contribution < -0.4 is 5.32 Å². The van der Waals surface area contributed by atoms with Crippen LogP contribution in [-0.4, -0.2) is 22.0 Å². The first kappa shape index (κ1) is 18.0. The zero-order valence-corrected chi connectivity index (χ0v) is 12.4. The summed E-state index contributed by atoms with van der Waals surface area (Å²) in [5, 5.41) is 22.4. The molecule has 0 atom stereocenters. The van der Waals surface area contributed by atoms with Crippen LogP contribution in [-0.2, 0) is 0 Å². The fourth-order valence-electron chi connectivity index (χ4n) is 1.91. The number of nitro groups is 1. The van der Waals surface area contributed by atoms with E-state index in [2.05, 4.69) is 5.32 Å². The summed E-state index contributed by atoms with van der Waals surface area (Å²) in [5.74, 6) is -1.88. The number of ketones is 1. The number of nitrogens with one attached hydrogen (secondary N) is 1. The van der Waals surface area contributed by atoms with Gasteiger partial charge in [-0.15, -0.1) is 0 Å². The smallest absolute Gasteiger partial charge is 0.431 e. The predicted octanol–water partition coefficient (Wildman–Crippen LogP) is 4.04. The van der Waals surface area contributed by atoms with Gasteiger partial charge in [0.1, 0.15) is 11.4 Å². The molecule has 130 valence electrons. The molecule has 0 saturated carbocycles. The average Bonchev–Trinajstić information content (AvgIpc) is 2.54. The van der Waals surface area contributed by atoms with E-state index in [1.165, 1.54) is 24.3 Å².